The van der Waals surface area contributed by atoms with E-state index in [1.54, 1.807) is 40.3 Å². The third-order valence-corrected chi connectivity index (χ3v) is 8.53. The Kier molecular flexibility index (Phi) is 6.13. The standard InChI is InChI=1S/C33H24N4O2S/c38-32-25-8-4-5-9-26(25)33(39)31-30(32)35-36-37(31)19-18-22-10-13-23(14-11-22)24-15-16-28-27(20-24)34-29(40-28)17-12-21-6-2-1-3-7-21/h1-11,13-16,20H,12,17-19H2/p+1. The molecule has 7 rings (SSSR count). The molecule has 194 valence electrons. The van der Waals surface area contributed by atoms with Gasteiger partial charge in [0.1, 0.15) is 6.54 Å². The second-order valence-corrected chi connectivity index (χ2v) is 11.1. The number of aromatic nitrogens is 4. The second-order valence-electron chi connectivity index (χ2n) is 9.99. The van der Waals surface area contributed by atoms with Crippen LogP contribution < -0.4 is 4.68 Å². The smallest absolute Gasteiger partial charge is 0.284 e. The van der Waals surface area contributed by atoms with Crippen LogP contribution in [0, 0.1) is 0 Å². The number of ketones is 2. The van der Waals surface area contributed by atoms with Crippen molar-refractivity contribution in [2.45, 2.75) is 25.8 Å². The first kappa shape index (κ1) is 24.3. The number of hydrogen-bond donors (Lipinski definition) is 1. The zero-order valence-corrected chi connectivity index (χ0v) is 22.4. The molecule has 2 aromatic heterocycles. The van der Waals surface area contributed by atoms with Gasteiger partial charge in [0.2, 0.25) is 11.6 Å². The monoisotopic (exact) mass is 541 g/mol. The van der Waals surface area contributed by atoms with E-state index in [1.807, 2.05) is 6.07 Å². The highest BCUT2D eigenvalue weighted by atomic mass is 32.1. The fraction of sp³-hybridized carbons (Fsp3) is 0.121. The molecule has 6 nitrogen and oxygen atoms in total. The quantitative estimate of drug-likeness (QED) is 0.260. The molecule has 0 saturated carbocycles. The number of aromatic amines is 1. The van der Waals surface area contributed by atoms with Gasteiger partial charge in [-0.2, -0.15) is 4.68 Å². The van der Waals surface area contributed by atoms with Crippen molar-refractivity contribution in [3.05, 3.63) is 136 Å². The highest BCUT2D eigenvalue weighted by molar-refractivity contribution is 7.18. The number of thiazole rings is 1. The third kappa shape index (κ3) is 4.44. The average molecular weight is 542 g/mol. The Hall–Kier alpha value is -4.75. The summed E-state index contributed by atoms with van der Waals surface area (Å²) in [5, 5.41) is 8.21. The van der Waals surface area contributed by atoms with Crippen molar-refractivity contribution in [3.8, 4) is 11.1 Å². The molecular weight excluding hydrogens is 516 g/mol. The number of nitrogens with one attached hydrogen (secondary N) is 1. The largest absolute Gasteiger partial charge is 0.300 e. The van der Waals surface area contributed by atoms with Crippen LogP contribution in [0.25, 0.3) is 21.3 Å². The Morgan fingerprint density at radius 3 is 2.20 bits per heavy atom. The zero-order valence-electron chi connectivity index (χ0n) is 21.6. The molecule has 2 heterocycles. The van der Waals surface area contributed by atoms with Gasteiger partial charge in [-0.25, -0.2) is 4.98 Å². The Morgan fingerprint density at radius 2 is 1.40 bits per heavy atom. The molecule has 0 bridgehead atoms. The summed E-state index contributed by atoms with van der Waals surface area (Å²) in [7, 11) is 0. The van der Waals surface area contributed by atoms with E-state index in [4.69, 9.17) is 4.98 Å². The fourth-order valence-electron chi connectivity index (χ4n) is 5.29. The normalized spacial score (nSPS) is 12.5. The Labute approximate surface area is 235 Å². The number of rotatable bonds is 7. The zero-order chi connectivity index (χ0) is 27.1. The first-order valence-electron chi connectivity index (χ1n) is 13.3. The molecule has 0 spiro atoms. The summed E-state index contributed by atoms with van der Waals surface area (Å²) in [4.78, 5) is 30.8. The van der Waals surface area contributed by atoms with Crippen LogP contribution in [-0.2, 0) is 25.8 Å². The Morgan fingerprint density at radius 1 is 0.700 bits per heavy atom. The average Bonchev–Trinajstić information content (AvgIpc) is 3.62. The molecule has 0 aliphatic heterocycles. The van der Waals surface area contributed by atoms with Crippen molar-refractivity contribution in [1.82, 2.24) is 15.3 Å². The summed E-state index contributed by atoms with van der Waals surface area (Å²) >= 11 is 1.77. The number of carbonyl (C=O) groups excluding carboxylic acids is 2. The lowest BCUT2D eigenvalue weighted by Crippen LogP contribution is -2.44. The summed E-state index contributed by atoms with van der Waals surface area (Å²) < 4.78 is 2.89. The molecule has 4 aromatic carbocycles. The lowest BCUT2D eigenvalue weighted by Gasteiger charge is -2.10. The topological polar surface area (TPSA) is 79.6 Å². The summed E-state index contributed by atoms with van der Waals surface area (Å²) in [5.41, 5.74) is 7.14. The minimum absolute atomic E-state index is 0.171. The number of H-pyrrole nitrogens is 1. The maximum Gasteiger partial charge on any atom is 0.300 e. The van der Waals surface area contributed by atoms with Crippen LogP contribution in [0.2, 0.25) is 0 Å². The van der Waals surface area contributed by atoms with Crippen LogP contribution in [0.4, 0.5) is 0 Å². The van der Waals surface area contributed by atoms with Crippen LogP contribution >= 0.6 is 11.3 Å². The number of hydrogen-bond acceptors (Lipinski definition) is 5. The van der Waals surface area contributed by atoms with Crippen molar-refractivity contribution in [1.29, 1.82) is 0 Å². The molecule has 0 amide bonds. The second kappa shape index (κ2) is 10.1. The van der Waals surface area contributed by atoms with E-state index in [0.29, 0.717) is 29.8 Å². The molecule has 0 radical (unpaired) electrons. The van der Waals surface area contributed by atoms with E-state index >= 15 is 0 Å². The van der Waals surface area contributed by atoms with Crippen molar-refractivity contribution in [3.63, 3.8) is 0 Å². The first-order chi connectivity index (χ1) is 19.6. The van der Waals surface area contributed by atoms with E-state index in [1.165, 1.54) is 10.3 Å². The summed E-state index contributed by atoms with van der Waals surface area (Å²) in [6.07, 6.45) is 2.63. The molecule has 1 aliphatic rings. The van der Waals surface area contributed by atoms with E-state index in [-0.39, 0.29) is 17.3 Å². The van der Waals surface area contributed by atoms with E-state index in [0.717, 1.165) is 40.1 Å². The molecule has 0 fully saturated rings. The van der Waals surface area contributed by atoms with Crippen molar-refractivity contribution in [2.24, 2.45) is 0 Å². The van der Waals surface area contributed by atoms with Gasteiger partial charge in [0.15, 0.2) is 0 Å². The molecule has 40 heavy (non-hydrogen) atoms. The fourth-order valence-corrected chi connectivity index (χ4v) is 6.24. The maximum atomic E-state index is 13.1. The molecule has 1 N–H and O–H groups in total. The highest BCUT2D eigenvalue weighted by Gasteiger charge is 2.40. The third-order valence-electron chi connectivity index (χ3n) is 7.44. The van der Waals surface area contributed by atoms with Gasteiger partial charge in [0, 0.05) is 24.0 Å². The molecule has 0 atom stereocenters. The number of fused-ring (bicyclic) bond motifs is 3. The predicted octanol–water partition coefficient (Wildman–Crippen LogP) is 5.78. The highest BCUT2D eigenvalue weighted by Crippen LogP contribution is 2.29. The van der Waals surface area contributed by atoms with Crippen LogP contribution in [0.5, 0.6) is 0 Å². The van der Waals surface area contributed by atoms with E-state index in [9.17, 15) is 9.59 Å². The van der Waals surface area contributed by atoms with Crippen molar-refractivity contribution >= 4 is 33.1 Å². The predicted molar refractivity (Wildman–Crippen MR) is 155 cm³/mol. The first-order valence-corrected chi connectivity index (χ1v) is 14.1. The van der Waals surface area contributed by atoms with Gasteiger partial charge in [-0.3, -0.25) is 9.59 Å². The summed E-state index contributed by atoms with van der Waals surface area (Å²) in [5.74, 6) is -0.389. The van der Waals surface area contributed by atoms with Gasteiger partial charge in [-0.15, -0.1) is 11.3 Å². The van der Waals surface area contributed by atoms with Crippen molar-refractivity contribution < 1.29 is 14.3 Å². The minimum atomic E-state index is -0.218. The number of carbonyl (C=O) groups is 2. The molecule has 7 heteroatoms. The number of benzene rings is 4. The van der Waals surface area contributed by atoms with Gasteiger partial charge in [-0.1, -0.05) is 90.1 Å². The van der Waals surface area contributed by atoms with Crippen LogP contribution in [0.15, 0.2) is 97.1 Å². The molecule has 0 unspecified atom stereocenters. The Bertz CT molecular complexity index is 1890. The van der Waals surface area contributed by atoms with Gasteiger partial charge in [-0.05, 0) is 40.8 Å². The van der Waals surface area contributed by atoms with E-state index in [2.05, 4.69) is 77.0 Å². The number of aryl methyl sites for hydroxylation is 4. The molecular formula is C33H25N4O2S+. The Balaban J connectivity index is 1.04. The SMILES string of the molecule is O=C1c2ccccc2C(=O)c2c1n[nH][n+]2CCc1ccc(-c2ccc3sc(CCc4ccccc4)nc3c2)cc1. The molecule has 1 aliphatic carbocycles. The van der Waals surface area contributed by atoms with Crippen molar-refractivity contribution in [2.75, 3.05) is 0 Å². The van der Waals surface area contributed by atoms with Crippen LogP contribution in [0.3, 0.4) is 0 Å². The lowest BCUT2D eigenvalue weighted by molar-refractivity contribution is -0.754. The van der Waals surface area contributed by atoms with Crippen LogP contribution in [-0.4, -0.2) is 26.9 Å². The number of nitrogens with zero attached hydrogens (tertiary/aromatic N) is 3. The van der Waals surface area contributed by atoms with Crippen LogP contribution in [0.1, 0.15) is 48.2 Å². The van der Waals surface area contributed by atoms with Gasteiger partial charge in [0.05, 0.1) is 20.3 Å². The van der Waals surface area contributed by atoms with E-state index < -0.39 is 0 Å². The van der Waals surface area contributed by atoms with Gasteiger partial charge < -0.3 is 0 Å². The summed E-state index contributed by atoms with van der Waals surface area (Å²) in [6.45, 7) is 0.513. The minimum Gasteiger partial charge on any atom is -0.284 e. The molecule has 0 saturated heterocycles. The maximum absolute atomic E-state index is 13.1. The van der Waals surface area contributed by atoms with Gasteiger partial charge in [0.25, 0.3) is 5.69 Å². The van der Waals surface area contributed by atoms with Gasteiger partial charge >= 0.3 is 5.69 Å². The molecule has 6 aromatic rings. The summed E-state index contributed by atoms with van der Waals surface area (Å²) in [6, 6.07) is 32.4. The lowest BCUT2D eigenvalue weighted by atomic mass is 9.90.